The molecule has 0 saturated heterocycles. The topological polar surface area (TPSA) is 96.0 Å². The highest BCUT2D eigenvalue weighted by molar-refractivity contribution is 6.33. The van der Waals surface area contributed by atoms with Crippen LogP contribution in [0.4, 0.5) is 5.69 Å². The van der Waals surface area contributed by atoms with Gasteiger partial charge in [-0.15, -0.1) is 0 Å². The van der Waals surface area contributed by atoms with Crippen LogP contribution in [0, 0.1) is 27.4 Å². The van der Waals surface area contributed by atoms with Gasteiger partial charge in [0.25, 0.3) is 5.91 Å². The minimum absolute atomic E-state index is 0.0995. The highest BCUT2D eigenvalue weighted by Crippen LogP contribution is 2.33. The summed E-state index contributed by atoms with van der Waals surface area (Å²) in [7, 11) is 0. The third kappa shape index (κ3) is 2.83. The number of nitrogens with zero attached hydrogens (tertiary/aromatic N) is 2. The summed E-state index contributed by atoms with van der Waals surface area (Å²) in [5.74, 6) is -0.500. The molecule has 98 valence electrons. The molecule has 0 aliphatic heterocycles. The quantitative estimate of drug-likeness (QED) is 0.675. The van der Waals surface area contributed by atoms with E-state index in [0.717, 1.165) is 12.8 Å². The number of nitro groups is 1. The Labute approximate surface area is 114 Å². The molecule has 7 heteroatoms. The number of hydrogen-bond acceptors (Lipinski definition) is 4. The van der Waals surface area contributed by atoms with Crippen LogP contribution in [0.2, 0.25) is 5.02 Å². The zero-order valence-corrected chi connectivity index (χ0v) is 10.6. The van der Waals surface area contributed by atoms with E-state index in [2.05, 4.69) is 5.32 Å². The van der Waals surface area contributed by atoms with Crippen molar-refractivity contribution in [2.75, 3.05) is 0 Å². The van der Waals surface area contributed by atoms with E-state index >= 15 is 0 Å². The van der Waals surface area contributed by atoms with Gasteiger partial charge < -0.3 is 5.32 Å². The second-order valence-corrected chi connectivity index (χ2v) is 4.72. The van der Waals surface area contributed by atoms with Crippen LogP contribution in [-0.2, 0) is 0 Å². The van der Waals surface area contributed by atoms with Gasteiger partial charge in [0.1, 0.15) is 16.6 Å². The van der Waals surface area contributed by atoms with Gasteiger partial charge in [0.15, 0.2) is 0 Å². The number of para-hydroxylation sites is 1. The number of carbonyl (C=O) groups is 1. The minimum atomic E-state index is -0.699. The summed E-state index contributed by atoms with van der Waals surface area (Å²) in [6.45, 7) is 0. The number of nitrogens with one attached hydrogen (secondary N) is 1. The first kappa shape index (κ1) is 13.3. The largest absolute Gasteiger partial charge is 0.336 e. The first-order valence-corrected chi connectivity index (χ1v) is 6.05. The summed E-state index contributed by atoms with van der Waals surface area (Å²) in [6, 6.07) is 5.52. The molecule has 1 fully saturated rings. The van der Waals surface area contributed by atoms with E-state index in [0.29, 0.717) is 0 Å². The summed E-state index contributed by atoms with van der Waals surface area (Å²) < 4.78 is 0. The molecule has 1 aromatic carbocycles. The molecule has 1 aliphatic rings. The van der Waals surface area contributed by atoms with Crippen LogP contribution in [-0.4, -0.2) is 16.9 Å². The summed E-state index contributed by atoms with van der Waals surface area (Å²) in [5, 5.41) is 22.3. The zero-order valence-electron chi connectivity index (χ0n) is 9.80. The Morgan fingerprint density at radius 2 is 2.26 bits per heavy atom. The molecule has 1 aromatic rings. The van der Waals surface area contributed by atoms with Gasteiger partial charge in [-0.2, -0.15) is 5.26 Å². The molecule has 2 rings (SSSR count). The standard InChI is InChI=1S/C12H10ClN3O3/c13-9-3-1-2-8(11(9)16(18)19)12(17)15-10(6-14)7-4-5-7/h1-3,7,10H,4-5H2,(H,15,17). The lowest BCUT2D eigenvalue weighted by Gasteiger charge is -2.10. The molecular formula is C12H10ClN3O3. The van der Waals surface area contributed by atoms with E-state index in [1.165, 1.54) is 18.2 Å². The average molecular weight is 280 g/mol. The van der Waals surface area contributed by atoms with E-state index < -0.39 is 22.6 Å². The Bertz CT molecular complexity index is 578. The molecule has 0 heterocycles. The lowest BCUT2D eigenvalue weighted by Crippen LogP contribution is -2.35. The summed E-state index contributed by atoms with van der Waals surface area (Å²) >= 11 is 5.73. The molecule has 1 aliphatic carbocycles. The monoisotopic (exact) mass is 279 g/mol. The van der Waals surface area contributed by atoms with Crippen LogP contribution < -0.4 is 5.32 Å². The van der Waals surface area contributed by atoms with E-state index in [9.17, 15) is 14.9 Å². The van der Waals surface area contributed by atoms with Crippen molar-refractivity contribution in [3.05, 3.63) is 38.9 Å². The highest BCUT2D eigenvalue weighted by atomic mass is 35.5. The van der Waals surface area contributed by atoms with Crippen LogP contribution in [0.25, 0.3) is 0 Å². The van der Waals surface area contributed by atoms with Gasteiger partial charge in [-0.3, -0.25) is 14.9 Å². The molecule has 1 atom stereocenters. The van der Waals surface area contributed by atoms with E-state index in [4.69, 9.17) is 16.9 Å². The molecule has 0 radical (unpaired) electrons. The molecule has 0 bridgehead atoms. The maximum Gasteiger partial charge on any atom is 0.300 e. The van der Waals surface area contributed by atoms with Crippen molar-refractivity contribution in [2.24, 2.45) is 5.92 Å². The third-order valence-electron chi connectivity index (χ3n) is 2.93. The van der Waals surface area contributed by atoms with Crippen LogP contribution >= 0.6 is 11.6 Å². The first-order valence-electron chi connectivity index (χ1n) is 5.68. The van der Waals surface area contributed by atoms with Gasteiger partial charge >= 0.3 is 5.69 Å². The van der Waals surface area contributed by atoms with Crippen LogP contribution in [0.15, 0.2) is 18.2 Å². The van der Waals surface area contributed by atoms with Gasteiger partial charge in [0.05, 0.1) is 11.0 Å². The molecule has 6 nitrogen and oxygen atoms in total. The lowest BCUT2D eigenvalue weighted by atomic mass is 10.1. The van der Waals surface area contributed by atoms with E-state index in [-0.39, 0.29) is 16.5 Å². The number of amides is 1. The lowest BCUT2D eigenvalue weighted by molar-refractivity contribution is -0.385. The van der Waals surface area contributed by atoms with Crippen LogP contribution in [0.3, 0.4) is 0 Å². The van der Waals surface area contributed by atoms with E-state index in [1.54, 1.807) is 0 Å². The summed E-state index contributed by atoms with van der Waals surface area (Å²) in [4.78, 5) is 22.2. The highest BCUT2D eigenvalue weighted by Gasteiger charge is 2.34. The van der Waals surface area contributed by atoms with Gasteiger partial charge in [-0.25, -0.2) is 0 Å². The zero-order chi connectivity index (χ0) is 14.0. The predicted molar refractivity (Wildman–Crippen MR) is 67.7 cm³/mol. The van der Waals surface area contributed by atoms with Gasteiger partial charge in [-0.1, -0.05) is 17.7 Å². The fourth-order valence-corrected chi connectivity index (χ4v) is 2.03. The number of benzene rings is 1. The van der Waals surface area contributed by atoms with Crippen molar-refractivity contribution >= 4 is 23.2 Å². The number of carbonyl (C=O) groups excluding carboxylic acids is 1. The smallest absolute Gasteiger partial charge is 0.300 e. The molecule has 1 N–H and O–H groups in total. The Balaban J connectivity index is 2.26. The van der Waals surface area contributed by atoms with Gasteiger partial charge in [0, 0.05) is 0 Å². The van der Waals surface area contributed by atoms with E-state index in [1.807, 2.05) is 6.07 Å². The van der Waals surface area contributed by atoms with Crippen molar-refractivity contribution in [2.45, 2.75) is 18.9 Å². The molecule has 19 heavy (non-hydrogen) atoms. The first-order chi connectivity index (χ1) is 9.04. The fourth-order valence-electron chi connectivity index (χ4n) is 1.79. The fraction of sp³-hybridized carbons (Fsp3) is 0.333. The molecule has 0 spiro atoms. The number of rotatable bonds is 4. The Morgan fingerprint density at radius 3 is 2.79 bits per heavy atom. The Morgan fingerprint density at radius 1 is 1.58 bits per heavy atom. The van der Waals surface area contributed by atoms with Gasteiger partial charge in [-0.05, 0) is 30.9 Å². The predicted octanol–water partition coefficient (Wildman–Crippen LogP) is 2.28. The van der Waals surface area contributed by atoms with Crippen molar-refractivity contribution in [1.29, 1.82) is 5.26 Å². The van der Waals surface area contributed by atoms with Crippen molar-refractivity contribution in [3.8, 4) is 6.07 Å². The number of nitriles is 1. The van der Waals surface area contributed by atoms with Crippen molar-refractivity contribution in [1.82, 2.24) is 5.32 Å². The third-order valence-corrected chi connectivity index (χ3v) is 3.24. The summed E-state index contributed by atoms with van der Waals surface area (Å²) in [5.41, 5.74) is -0.562. The number of hydrogen-bond donors (Lipinski definition) is 1. The second kappa shape index (κ2) is 5.24. The van der Waals surface area contributed by atoms with Crippen LogP contribution in [0.1, 0.15) is 23.2 Å². The minimum Gasteiger partial charge on any atom is -0.336 e. The van der Waals surface area contributed by atoms with Gasteiger partial charge in [0.2, 0.25) is 0 Å². The second-order valence-electron chi connectivity index (χ2n) is 4.31. The normalized spacial score (nSPS) is 15.4. The molecule has 1 saturated carbocycles. The molecular weight excluding hydrogens is 270 g/mol. The Kier molecular flexibility index (Phi) is 3.67. The Hall–Kier alpha value is -2.13. The molecule has 0 aromatic heterocycles. The molecule has 1 amide bonds. The SMILES string of the molecule is N#CC(NC(=O)c1cccc(Cl)c1[N+](=O)[O-])C1CC1. The van der Waals surface area contributed by atoms with Crippen LogP contribution in [0.5, 0.6) is 0 Å². The maximum atomic E-state index is 12.0. The number of halogens is 1. The maximum absolute atomic E-state index is 12.0. The van der Waals surface area contributed by atoms with Crippen molar-refractivity contribution in [3.63, 3.8) is 0 Å². The van der Waals surface area contributed by atoms with Crippen molar-refractivity contribution < 1.29 is 9.72 Å². The molecule has 1 unspecified atom stereocenters. The average Bonchev–Trinajstić information content (AvgIpc) is 3.19. The summed E-state index contributed by atoms with van der Waals surface area (Å²) in [6.07, 6.45) is 1.77. The number of nitro benzene ring substituents is 1.